The predicted octanol–water partition coefficient (Wildman–Crippen LogP) is 1.28. The quantitative estimate of drug-likeness (QED) is 0.832. The molecule has 0 fully saturated rings. The van der Waals surface area contributed by atoms with Crippen molar-refractivity contribution in [2.75, 3.05) is 0 Å². The van der Waals surface area contributed by atoms with Crippen molar-refractivity contribution < 1.29 is 27.9 Å². The first-order chi connectivity index (χ1) is 11.5. The first-order valence-electron chi connectivity index (χ1n) is 7.33. The van der Waals surface area contributed by atoms with Crippen LogP contribution < -0.4 is 5.32 Å². The number of halogens is 3. The van der Waals surface area contributed by atoms with Crippen LogP contribution in [0, 0.1) is 13.8 Å². The molecule has 8 nitrogen and oxygen atoms in total. The molecule has 2 heterocycles. The lowest BCUT2D eigenvalue weighted by atomic mass is 10.1. The van der Waals surface area contributed by atoms with Crippen molar-refractivity contribution >= 4 is 17.7 Å². The van der Waals surface area contributed by atoms with Crippen LogP contribution in [0.3, 0.4) is 0 Å². The molecule has 2 rings (SSSR count). The SMILES string of the molecule is Cc1nc2nc(C(F)(F)F)nn2c(C)c1CCC(=O)NC(C)C(=O)O. The summed E-state index contributed by atoms with van der Waals surface area (Å²) >= 11 is 0. The fourth-order valence-corrected chi connectivity index (χ4v) is 2.30. The molecule has 0 aliphatic carbocycles. The average molecular weight is 359 g/mol. The summed E-state index contributed by atoms with van der Waals surface area (Å²) in [5.74, 6) is -3.10. The molecule has 1 atom stereocenters. The molecular weight excluding hydrogens is 343 g/mol. The van der Waals surface area contributed by atoms with E-state index in [1.54, 1.807) is 13.8 Å². The third-order valence-electron chi connectivity index (χ3n) is 3.65. The molecule has 0 saturated heterocycles. The average Bonchev–Trinajstić information content (AvgIpc) is 2.91. The van der Waals surface area contributed by atoms with E-state index in [9.17, 15) is 22.8 Å². The van der Waals surface area contributed by atoms with Gasteiger partial charge in [-0.15, -0.1) is 5.10 Å². The number of amides is 1. The van der Waals surface area contributed by atoms with E-state index in [0.717, 1.165) is 4.52 Å². The number of aromatic nitrogens is 4. The second kappa shape index (κ2) is 6.65. The monoisotopic (exact) mass is 359 g/mol. The first kappa shape index (κ1) is 18.6. The Kier molecular flexibility index (Phi) is 4.95. The van der Waals surface area contributed by atoms with Crippen molar-refractivity contribution in [1.29, 1.82) is 0 Å². The second-order valence-corrected chi connectivity index (χ2v) is 5.53. The zero-order valence-corrected chi connectivity index (χ0v) is 13.7. The van der Waals surface area contributed by atoms with E-state index in [1.165, 1.54) is 6.92 Å². The molecule has 136 valence electrons. The summed E-state index contributed by atoms with van der Waals surface area (Å²) in [4.78, 5) is 29.9. The van der Waals surface area contributed by atoms with Crippen LogP contribution in [0.5, 0.6) is 0 Å². The van der Waals surface area contributed by atoms with Gasteiger partial charge in [0.2, 0.25) is 5.91 Å². The van der Waals surface area contributed by atoms with Crippen LogP contribution in [0.1, 0.15) is 36.1 Å². The molecule has 0 bridgehead atoms. The van der Waals surface area contributed by atoms with Crippen molar-refractivity contribution in [2.45, 2.75) is 45.8 Å². The predicted molar refractivity (Wildman–Crippen MR) is 78.8 cm³/mol. The molecule has 0 saturated carbocycles. The van der Waals surface area contributed by atoms with E-state index in [1.807, 2.05) is 0 Å². The molecule has 1 amide bonds. The van der Waals surface area contributed by atoms with Gasteiger partial charge in [-0.3, -0.25) is 9.59 Å². The van der Waals surface area contributed by atoms with E-state index < -0.39 is 29.9 Å². The van der Waals surface area contributed by atoms with Gasteiger partial charge in [-0.05, 0) is 32.8 Å². The fraction of sp³-hybridized carbons (Fsp3) is 0.500. The topological polar surface area (TPSA) is 109 Å². The van der Waals surface area contributed by atoms with E-state index in [0.29, 0.717) is 17.0 Å². The van der Waals surface area contributed by atoms with Gasteiger partial charge < -0.3 is 10.4 Å². The maximum Gasteiger partial charge on any atom is 0.453 e. The molecule has 0 aliphatic heterocycles. The highest BCUT2D eigenvalue weighted by Crippen LogP contribution is 2.27. The Morgan fingerprint density at radius 2 is 1.92 bits per heavy atom. The summed E-state index contributed by atoms with van der Waals surface area (Å²) in [6.07, 6.45) is -4.53. The maximum absolute atomic E-state index is 12.7. The van der Waals surface area contributed by atoms with Crippen LogP contribution in [0.15, 0.2) is 0 Å². The minimum atomic E-state index is -4.68. The van der Waals surface area contributed by atoms with Gasteiger partial charge in [0.15, 0.2) is 0 Å². The highest BCUT2D eigenvalue weighted by Gasteiger charge is 2.36. The molecule has 0 spiro atoms. The summed E-state index contributed by atoms with van der Waals surface area (Å²) in [5.41, 5.74) is 1.39. The fourth-order valence-electron chi connectivity index (χ4n) is 2.30. The van der Waals surface area contributed by atoms with Gasteiger partial charge in [0, 0.05) is 17.8 Å². The number of carboxylic acids is 1. The number of hydrogen-bond donors (Lipinski definition) is 2. The molecule has 0 radical (unpaired) electrons. The largest absolute Gasteiger partial charge is 0.480 e. The standard InChI is InChI=1S/C14H16F3N5O3/c1-6-9(4-5-10(23)18-7(2)11(24)25)8(3)22-13(19-6)20-12(21-22)14(15,16)17/h7H,4-5H2,1-3H3,(H,18,23)(H,24,25). The molecule has 0 aromatic carbocycles. The number of hydrogen-bond acceptors (Lipinski definition) is 5. The van der Waals surface area contributed by atoms with E-state index in [4.69, 9.17) is 5.11 Å². The molecule has 11 heteroatoms. The second-order valence-electron chi connectivity index (χ2n) is 5.53. The summed E-state index contributed by atoms with van der Waals surface area (Å²) in [6.45, 7) is 4.49. The van der Waals surface area contributed by atoms with Crippen LogP contribution in [-0.2, 0) is 22.2 Å². The maximum atomic E-state index is 12.7. The Morgan fingerprint density at radius 1 is 1.28 bits per heavy atom. The Morgan fingerprint density at radius 3 is 2.48 bits per heavy atom. The van der Waals surface area contributed by atoms with Gasteiger partial charge in [0.25, 0.3) is 11.6 Å². The van der Waals surface area contributed by atoms with Crippen LogP contribution in [0.2, 0.25) is 0 Å². The summed E-state index contributed by atoms with van der Waals surface area (Å²) in [5, 5.41) is 14.5. The number of alkyl halides is 3. The Hall–Kier alpha value is -2.72. The number of rotatable bonds is 5. The Bertz CT molecular complexity index is 831. The normalized spacial score (nSPS) is 13.0. The van der Waals surface area contributed by atoms with Crippen LogP contribution in [0.4, 0.5) is 13.2 Å². The number of carbonyl (C=O) groups is 2. The van der Waals surface area contributed by atoms with E-state index in [-0.39, 0.29) is 18.6 Å². The summed E-state index contributed by atoms with van der Waals surface area (Å²) in [6, 6.07) is -1.03. The smallest absolute Gasteiger partial charge is 0.453 e. The van der Waals surface area contributed by atoms with Crippen LogP contribution >= 0.6 is 0 Å². The van der Waals surface area contributed by atoms with Crippen LogP contribution in [-0.4, -0.2) is 42.6 Å². The van der Waals surface area contributed by atoms with Crippen molar-refractivity contribution in [3.63, 3.8) is 0 Å². The van der Waals surface area contributed by atoms with Gasteiger partial charge in [0.1, 0.15) is 6.04 Å². The van der Waals surface area contributed by atoms with E-state index in [2.05, 4.69) is 20.4 Å². The molecule has 0 aliphatic rings. The highest BCUT2D eigenvalue weighted by molar-refractivity contribution is 5.83. The number of nitrogens with zero attached hydrogens (tertiary/aromatic N) is 4. The zero-order valence-electron chi connectivity index (χ0n) is 13.7. The molecular formula is C14H16F3N5O3. The zero-order chi connectivity index (χ0) is 18.9. The minimum Gasteiger partial charge on any atom is -0.480 e. The van der Waals surface area contributed by atoms with Crippen molar-refractivity contribution in [3.8, 4) is 0 Å². The van der Waals surface area contributed by atoms with Gasteiger partial charge in [-0.2, -0.15) is 18.2 Å². The third-order valence-corrected chi connectivity index (χ3v) is 3.65. The van der Waals surface area contributed by atoms with Gasteiger partial charge in [-0.25, -0.2) is 9.50 Å². The summed E-state index contributed by atoms with van der Waals surface area (Å²) in [7, 11) is 0. The number of nitrogens with one attached hydrogen (secondary N) is 1. The van der Waals surface area contributed by atoms with Gasteiger partial charge in [0.05, 0.1) is 0 Å². The number of aryl methyl sites for hydroxylation is 2. The lowest BCUT2D eigenvalue weighted by Gasteiger charge is -2.12. The molecule has 2 aromatic rings. The Labute approximate surface area is 140 Å². The number of aliphatic carboxylic acids is 1. The lowest BCUT2D eigenvalue weighted by Crippen LogP contribution is -2.38. The molecule has 2 aromatic heterocycles. The van der Waals surface area contributed by atoms with E-state index >= 15 is 0 Å². The van der Waals surface area contributed by atoms with Gasteiger partial charge >= 0.3 is 12.1 Å². The third kappa shape index (κ3) is 4.03. The minimum absolute atomic E-state index is 0.0344. The number of carbonyl (C=O) groups excluding carboxylic acids is 1. The first-order valence-corrected chi connectivity index (χ1v) is 7.33. The van der Waals surface area contributed by atoms with Crippen molar-refractivity contribution in [2.24, 2.45) is 0 Å². The number of carboxylic acid groups (broad SMARTS) is 1. The highest BCUT2D eigenvalue weighted by atomic mass is 19.4. The molecule has 25 heavy (non-hydrogen) atoms. The Balaban J connectivity index is 2.24. The summed E-state index contributed by atoms with van der Waals surface area (Å²) < 4.78 is 39.2. The van der Waals surface area contributed by atoms with Crippen molar-refractivity contribution in [1.82, 2.24) is 24.9 Å². The lowest BCUT2D eigenvalue weighted by molar-refractivity contribution is -0.144. The molecule has 2 N–H and O–H groups in total. The molecule has 1 unspecified atom stereocenters. The number of fused-ring (bicyclic) bond motifs is 1. The van der Waals surface area contributed by atoms with Crippen molar-refractivity contribution in [3.05, 3.63) is 22.8 Å². The van der Waals surface area contributed by atoms with Crippen LogP contribution in [0.25, 0.3) is 5.78 Å². The van der Waals surface area contributed by atoms with Gasteiger partial charge in [-0.1, -0.05) is 0 Å².